The molecule has 0 aliphatic heterocycles. The van der Waals surface area contributed by atoms with E-state index in [-0.39, 0.29) is 17.0 Å². The molecule has 184 valence electrons. The summed E-state index contributed by atoms with van der Waals surface area (Å²) < 4.78 is 0. The standard InChI is InChI=1S/C18H15P.C15H24.BrH/c1-4-10-16(11-5-1)19(17-12-6-2-7-13-17)18-14-8-3-9-15-18;1-6-12(2)9-10-14-13(3)8-7-11-15(14,4)5;/h1-15H;6,9-10H,7-8,11H2,1-5H3;1H/b;10-9+,12-6+;. The van der Waals surface area contributed by atoms with Gasteiger partial charge in [-0.2, -0.15) is 0 Å². The van der Waals surface area contributed by atoms with Crippen LogP contribution in [0.2, 0.25) is 0 Å². The van der Waals surface area contributed by atoms with E-state index in [0.717, 1.165) is 0 Å². The van der Waals surface area contributed by atoms with Gasteiger partial charge in [-0.15, -0.1) is 17.0 Å². The van der Waals surface area contributed by atoms with Gasteiger partial charge >= 0.3 is 0 Å². The normalized spacial score (nSPS) is 15.4. The summed E-state index contributed by atoms with van der Waals surface area (Å²) in [7, 11) is -0.446. The molecule has 35 heavy (non-hydrogen) atoms. The molecule has 0 radical (unpaired) electrons. The summed E-state index contributed by atoms with van der Waals surface area (Å²) in [4.78, 5) is 0. The second kappa shape index (κ2) is 14.4. The Morgan fingerprint density at radius 2 is 1.20 bits per heavy atom. The molecule has 0 atom stereocenters. The molecule has 1 aliphatic carbocycles. The van der Waals surface area contributed by atoms with Crippen LogP contribution in [0.1, 0.15) is 53.9 Å². The molecule has 0 saturated carbocycles. The molecule has 0 fully saturated rings. The summed E-state index contributed by atoms with van der Waals surface area (Å²) in [6.45, 7) is 11.3. The van der Waals surface area contributed by atoms with Crippen LogP contribution in [-0.4, -0.2) is 0 Å². The maximum absolute atomic E-state index is 2.36. The van der Waals surface area contributed by atoms with Gasteiger partial charge in [0.1, 0.15) is 0 Å². The first-order chi connectivity index (χ1) is 16.4. The van der Waals surface area contributed by atoms with Gasteiger partial charge in [0.05, 0.1) is 0 Å². The first-order valence-electron chi connectivity index (χ1n) is 12.4. The number of hydrogen-bond acceptors (Lipinski definition) is 0. The van der Waals surface area contributed by atoms with E-state index in [4.69, 9.17) is 0 Å². The van der Waals surface area contributed by atoms with Crippen molar-refractivity contribution in [2.75, 3.05) is 0 Å². The predicted molar refractivity (Wildman–Crippen MR) is 164 cm³/mol. The third-order valence-corrected chi connectivity index (χ3v) is 9.00. The zero-order valence-corrected chi connectivity index (χ0v) is 24.5. The lowest BCUT2D eigenvalue weighted by atomic mass is 9.72. The average Bonchev–Trinajstić information content (AvgIpc) is 2.86. The maximum Gasteiger partial charge on any atom is -0.0104 e. The van der Waals surface area contributed by atoms with Crippen LogP contribution in [-0.2, 0) is 0 Å². The average molecular weight is 548 g/mol. The first kappa shape index (κ1) is 29.0. The van der Waals surface area contributed by atoms with E-state index in [2.05, 4.69) is 144 Å². The van der Waals surface area contributed by atoms with Crippen molar-refractivity contribution in [1.29, 1.82) is 0 Å². The van der Waals surface area contributed by atoms with E-state index in [1.165, 1.54) is 40.7 Å². The lowest BCUT2D eigenvalue weighted by molar-refractivity contribution is 0.377. The monoisotopic (exact) mass is 546 g/mol. The van der Waals surface area contributed by atoms with E-state index < -0.39 is 7.92 Å². The van der Waals surface area contributed by atoms with E-state index >= 15 is 0 Å². The van der Waals surface area contributed by atoms with Crippen molar-refractivity contribution in [1.82, 2.24) is 0 Å². The summed E-state index contributed by atoms with van der Waals surface area (Å²) in [5.41, 5.74) is 4.84. The van der Waals surface area contributed by atoms with Gasteiger partial charge in [0.15, 0.2) is 0 Å². The van der Waals surface area contributed by atoms with Crippen LogP contribution in [0.4, 0.5) is 0 Å². The Balaban J connectivity index is 0.000000247. The third-order valence-electron chi connectivity index (χ3n) is 6.55. The summed E-state index contributed by atoms with van der Waals surface area (Å²) >= 11 is 0. The molecular formula is C33H40BrP. The van der Waals surface area contributed by atoms with Gasteiger partial charge in [-0.25, -0.2) is 0 Å². The largest absolute Gasteiger partial charge is 0.114 e. The first-order valence-corrected chi connectivity index (χ1v) is 13.7. The molecule has 0 unspecified atom stereocenters. The quantitative estimate of drug-likeness (QED) is 0.221. The predicted octanol–water partition coefficient (Wildman–Crippen LogP) is 9.06. The van der Waals surface area contributed by atoms with Crippen LogP contribution in [0, 0.1) is 5.41 Å². The molecule has 0 nitrogen and oxygen atoms in total. The minimum absolute atomic E-state index is 0. The summed E-state index contributed by atoms with van der Waals surface area (Å²) in [5, 5.41) is 4.19. The van der Waals surface area contributed by atoms with Gasteiger partial charge in [-0.05, 0) is 74.9 Å². The van der Waals surface area contributed by atoms with Crippen LogP contribution in [0.3, 0.4) is 0 Å². The van der Waals surface area contributed by atoms with Crippen LogP contribution in [0.5, 0.6) is 0 Å². The Morgan fingerprint density at radius 3 is 1.57 bits per heavy atom. The van der Waals surface area contributed by atoms with Gasteiger partial charge in [0.2, 0.25) is 0 Å². The van der Waals surface area contributed by atoms with E-state index in [1.807, 2.05) is 0 Å². The van der Waals surface area contributed by atoms with Gasteiger partial charge < -0.3 is 0 Å². The molecule has 2 heteroatoms. The third kappa shape index (κ3) is 8.45. The zero-order chi connectivity index (χ0) is 24.4. The molecule has 0 saturated heterocycles. The highest BCUT2D eigenvalue weighted by Crippen LogP contribution is 2.40. The highest BCUT2D eigenvalue weighted by atomic mass is 79.9. The van der Waals surface area contributed by atoms with Gasteiger partial charge in [0, 0.05) is 0 Å². The van der Waals surface area contributed by atoms with Crippen LogP contribution in [0.25, 0.3) is 0 Å². The Hall–Kier alpha value is -2.21. The van der Waals surface area contributed by atoms with Crippen molar-refractivity contribution in [2.45, 2.75) is 53.9 Å². The number of benzene rings is 3. The Morgan fingerprint density at radius 1 is 0.771 bits per heavy atom. The van der Waals surface area contributed by atoms with E-state index in [9.17, 15) is 0 Å². The topological polar surface area (TPSA) is 0 Å². The molecule has 4 rings (SSSR count). The Labute approximate surface area is 225 Å². The summed E-state index contributed by atoms with van der Waals surface area (Å²) in [6.07, 6.45) is 10.7. The molecule has 0 N–H and O–H groups in total. The minimum Gasteiger partial charge on any atom is -0.114 e. The van der Waals surface area contributed by atoms with Crippen LogP contribution < -0.4 is 15.9 Å². The summed E-state index contributed by atoms with van der Waals surface area (Å²) in [5.74, 6) is 0. The fraction of sp³-hybridized carbons (Fsp3) is 0.273. The van der Waals surface area contributed by atoms with Crippen LogP contribution >= 0.6 is 24.9 Å². The molecule has 3 aromatic carbocycles. The molecule has 0 bridgehead atoms. The van der Waals surface area contributed by atoms with Crippen molar-refractivity contribution in [3.63, 3.8) is 0 Å². The zero-order valence-electron chi connectivity index (χ0n) is 21.9. The Kier molecular flexibility index (Phi) is 11.9. The Bertz CT molecular complexity index is 1020. The number of rotatable bonds is 5. The van der Waals surface area contributed by atoms with Gasteiger partial charge in [0.25, 0.3) is 0 Å². The minimum atomic E-state index is -0.446. The van der Waals surface area contributed by atoms with Crippen LogP contribution in [0.15, 0.2) is 126 Å². The molecule has 1 aliphatic rings. The second-order valence-corrected chi connectivity index (χ2v) is 11.9. The smallest absolute Gasteiger partial charge is 0.0104 e. The van der Waals surface area contributed by atoms with Gasteiger partial charge in [-0.1, -0.05) is 134 Å². The van der Waals surface area contributed by atoms with E-state index in [0.29, 0.717) is 5.41 Å². The number of hydrogen-bond donors (Lipinski definition) is 0. The van der Waals surface area contributed by atoms with Crippen molar-refractivity contribution >= 4 is 40.8 Å². The number of halogens is 1. The van der Waals surface area contributed by atoms with Gasteiger partial charge in [-0.3, -0.25) is 0 Å². The molecule has 3 aromatic rings. The highest BCUT2D eigenvalue weighted by molar-refractivity contribution is 8.93. The summed E-state index contributed by atoms with van der Waals surface area (Å²) in [6, 6.07) is 32.3. The number of allylic oxidation sites excluding steroid dienone is 6. The van der Waals surface area contributed by atoms with Crippen molar-refractivity contribution in [3.8, 4) is 0 Å². The van der Waals surface area contributed by atoms with E-state index in [1.54, 1.807) is 11.1 Å². The highest BCUT2D eigenvalue weighted by Gasteiger charge is 2.26. The van der Waals surface area contributed by atoms with Crippen molar-refractivity contribution in [3.05, 3.63) is 126 Å². The van der Waals surface area contributed by atoms with Crippen molar-refractivity contribution in [2.24, 2.45) is 5.41 Å². The lowest BCUT2D eigenvalue weighted by Crippen LogP contribution is -2.20. The molecule has 0 spiro atoms. The van der Waals surface area contributed by atoms with Crippen molar-refractivity contribution < 1.29 is 0 Å². The molecule has 0 aromatic heterocycles. The molecule has 0 heterocycles. The molecular weight excluding hydrogens is 507 g/mol. The maximum atomic E-state index is 2.36. The molecule has 0 amide bonds. The lowest BCUT2D eigenvalue weighted by Gasteiger charge is -2.32. The fourth-order valence-electron chi connectivity index (χ4n) is 4.50. The SMILES string of the molecule is Br.C/C=C(C)/C=C/C1=C(C)CCCC1(C)C.c1ccc(P(c2ccccc2)c2ccccc2)cc1. The fourth-order valence-corrected chi connectivity index (χ4v) is 6.81. The second-order valence-electron chi connectivity index (χ2n) is 9.64.